The Morgan fingerprint density at radius 1 is 1.21 bits per heavy atom. The Morgan fingerprint density at radius 3 is 2.64 bits per heavy atom. The zero-order valence-electron chi connectivity index (χ0n) is 9.42. The summed E-state index contributed by atoms with van der Waals surface area (Å²) in [5.41, 5.74) is 4.07. The lowest BCUT2D eigenvalue weighted by Crippen LogP contribution is -2.28. The van der Waals surface area contributed by atoms with E-state index in [1.165, 1.54) is 16.7 Å². The number of fused-ring (bicyclic) bond motifs is 1. The highest BCUT2D eigenvalue weighted by Gasteiger charge is 2.24. The lowest BCUT2D eigenvalue weighted by Gasteiger charge is -2.30. The first-order valence-corrected chi connectivity index (χ1v) is 5.34. The van der Waals surface area contributed by atoms with E-state index in [0.29, 0.717) is 12.0 Å². The fourth-order valence-electron chi connectivity index (χ4n) is 2.13. The van der Waals surface area contributed by atoms with Crippen LogP contribution in [0.1, 0.15) is 30.5 Å². The van der Waals surface area contributed by atoms with E-state index in [2.05, 4.69) is 39.8 Å². The molecule has 1 nitrogen and oxygen atoms in total. The summed E-state index contributed by atoms with van der Waals surface area (Å²) in [6, 6.07) is 4.40. The van der Waals surface area contributed by atoms with E-state index in [0.717, 1.165) is 12.2 Å². The lowest BCUT2D eigenvalue weighted by molar-refractivity contribution is 0.139. The molecule has 0 saturated carbocycles. The van der Waals surface area contributed by atoms with Crippen LogP contribution < -0.4 is 4.74 Å². The van der Waals surface area contributed by atoms with Crippen molar-refractivity contribution < 1.29 is 4.74 Å². The minimum Gasteiger partial charge on any atom is -0.490 e. The number of rotatable bonds is 0. The number of hydrogen-bond donors (Lipinski definition) is 0. The molecule has 2 unspecified atom stereocenters. The van der Waals surface area contributed by atoms with Crippen LogP contribution in [0.4, 0.5) is 0 Å². The summed E-state index contributed by atoms with van der Waals surface area (Å²) in [6.45, 7) is 8.72. The Balaban J connectivity index is 2.46. The molecule has 1 aromatic rings. The van der Waals surface area contributed by atoms with Crippen molar-refractivity contribution >= 4 is 0 Å². The van der Waals surface area contributed by atoms with Crippen molar-refractivity contribution in [2.24, 2.45) is 5.92 Å². The minimum absolute atomic E-state index is 0.351. The zero-order chi connectivity index (χ0) is 10.3. The van der Waals surface area contributed by atoms with Crippen molar-refractivity contribution in [1.29, 1.82) is 0 Å². The lowest BCUT2D eigenvalue weighted by atomic mass is 9.90. The van der Waals surface area contributed by atoms with Gasteiger partial charge >= 0.3 is 0 Å². The van der Waals surface area contributed by atoms with Gasteiger partial charge in [-0.15, -0.1) is 0 Å². The fraction of sp³-hybridized carbons (Fsp3) is 0.538. The van der Waals surface area contributed by atoms with Crippen molar-refractivity contribution in [3.63, 3.8) is 0 Å². The zero-order valence-corrected chi connectivity index (χ0v) is 9.42. The molecule has 0 aromatic heterocycles. The van der Waals surface area contributed by atoms with Crippen LogP contribution >= 0.6 is 0 Å². The average molecular weight is 190 g/mol. The number of hydrogen-bond acceptors (Lipinski definition) is 1. The van der Waals surface area contributed by atoms with Gasteiger partial charge in [-0.2, -0.15) is 0 Å². The molecule has 1 heterocycles. The van der Waals surface area contributed by atoms with Crippen LogP contribution in [0.15, 0.2) is 12.1 Å². The molecule has 0 bridgehead atoms. The molecular formula is C13H18O. The third-order valence-corrected chi connectivity index (χ3v) is 3.22. The monoisotopic (exact) mass is 190 g/mol. The maximum absolute atomic E-state index is 5.91. The Hall–Kier alpha value is -0.980. The highest BCUT2D eigenvalue weighted by Crippen LogP contribution is 2.33. The van der Waals surface area contributed by atoms with E-state index in [4.69, 9.17) is 4.74 Å². The average Bonchev–Trinajstić information content (AvgIpc) is 2.08. The van der Waals surface area contributed by atoms with Crippen LogP contribution in [0.5, 0.6) is 5.75 Å². The maximum Gasteiger partial charge on any atom is 0.123 e. The van der Waals surface area contributed by atoms with Crippen molar-refractivity contribution in [2.45, 2.75) is 40.2 Å². The van der Waals surface area contributed by atoms with Gasteiger partial charge in [0.2, 0.25) is 0 Å². The summed E-state index contributed by atoms with van der Waals surface area (Å²) in [5.74, 6) is 1.73. The van der Waals surface area contributed by atoms with Crippen molar-refractivity contribution in [3.05, 3.63) is 28.8 Å². The molecule has 0 fully saturated rings. The predicted molar refractivity (Wildman–Crippen MR) is 58.9 cm³/mol. The number of aryl methyl sites for hydroxylation is 2. The van der Waals surface area contributed by atoms with E-state index in [1.807, 2.05) is 0 Å². The standard InChI is InChI=1S/C13H18O/c1-8-5-10(3)12-7-9(2)11(4)14-13(12)6-8/h5-6,9,11H,7H2,1-4H3. The summed E-state index contributed by atoms with van der Waals surface area (Å²) in [5, 5.41) is 0. The molecule has 1 heteroatoms. The molecule has 76 valence electrons. The molecule has 0 radical (unpaired) electrons. The summed E-state index contributed by atoms with van der Waals surface area (Å²) in [4.78, 5) is 0. The van der Waals surface area contributed by atoms with Crippen molar-refractivity contribution in [2.75, 3.05) is 0 Å². The first-order valence-electron chi connectivity index (χ1n) is 5.34. The largest absolute Gasteiger partial charge is 0.490 e. The first-order chi connectivity index (χ1) is 6.58. The van der Waals surface area contributed by atoms with Gasteiger partial charge in [-0.25, -0.2) is 0 Å². The van der Waals surface area contributed by atoms with E-state index in [-0.39, 0.29) is 0 Å². The highest BCUT2D eigenvalue weighted by atomic mass is 16.5. The Bertz CT molecular complexity index is 354. The van der Waals surface area contributed by atoms with Crippen LogP contribution in [0.3, 0.4) is 0 Å². The normalized spacial score (nSPS) is 25.4. The summed E-state index contributed by atoms with van der Waals surface area (Å²) in [7, 11) is 0. The molecule has 0 aliphatic carbocycles. The van der Waals surface area contributed by atoms with E-state index >= 15 is 0 Å². The van der Waals surface area contributed by atoms with Crippen molar-refractivity contribution in [1.82, 2.24) is 0 Å². The van der Waals surface area contributed by atoms with Gasteiger partial charge in [0.15, 0.2) is 0 Å². The van der Waals surface area contributed by atoms with Gasteiger partial charge in [0.25, 0.3) is 0 Å². The quantitative estimate of drug-likeness (QED) is 0.610. The van der Waals surface area contributed by atoms with Crippen LogP contribution in [-0.2, 0) is 6.42 Å². The van der Waals surface area contributed by atoms with Crippen LogP contribution in [0.2, 0.25) is 0 Å². The smallest absolute Gasteiger partial charge is 0.123 e. The van der Waals surface area contributed by atoms with E-state index < -0.39 is 0 Å². The SMILES string of the molecule is Cc1cc(C)c2c(c1)OC(C)C(C)C2. The van der Waals surface area contributed by atoms with Crippen LogP contribution in [0, 0.1) is 19.8 Å². The van der Waals surface area contributed by atoms with E-state index in [1.54, 1.807) is 0 Å². The second-order valence-corrected chi connectivity index (χ2v) is 4.56. The van der Waals surface area contributed by atoms with Gasteiger partial charge in [0.1, 0.15) is 5.75 Å². The topological polar surface area (TPSA) is 9.23 Å². The molecule has 1 aliphatic heterocycles. The molecule has 0 amide bonds. The van der Waals surface area contributed by atoms with Crippen LogP contribution in [0.25, 0.3) is 0 Å². The van der Waals surface area contributed by atoms with Gasteiger partial charge in [-0.3, -0.25) is 0 Å². The Kier molecular flexibility index (Phi) is 2.26. The summed E-state index contributed by atoms with van der Waals surface area (Å²) < 4.78 is 5.91. The molecule has 2 atom stereocenters. The maximum atomic E-state index is 5.91. The summed E-state index contributed by atoms with van der Waals surface area (Å²) >= 11 is 0. The predicted octanol–water partition coefficient (Wildman–Crippen LogP) is 3.26. The second-order valence-electron chi connectivity index (χ2n) is 4.56. The molecule has 14 heavy (non-hydrogen) atoms. The number of ether oxygens (including phenoxy) is 1. The molecule has 0 N–H and O–H groups in total. The molecule has 1 aromatic carbocycles. The molecule has 0 spiro atoms. The molecule has 2 rings (SSSR count). The first kappa shape index (κ1) is 9.57. The molecule has 0 saturated heterocycles. The van der Waals surface area contributed by atoms with Crippen LogP contribution in [-0.4, -0.2) is 6.10 Å². The van der Waals surface area contributed by atoms with Gasteiger partial charge in [0, 0.05) is 0 Å². The Labute approximate surface area is 86.1 Å². The highest BCUT2D eigenvalue weighted by molar-refractivity contribution is 5.44. The molecule has 1 aliphatic rings. The third-order valence-electron chi connectivity index (χ3n) is 3.22. The van der Waals surface area contributed by atoms with E-state index in [9.17, 15) is 0 Å². The van der Waals surface area contributed by atoms with Gasteiger partial charge in [-0.05, 0) is 55.9 Å². The minimum atomic E-state index is 0.351. The summed E-state index contributed by atoms with van der Waals surface area (Å²) in [6.07, 6.45) is 1.51. The van der Waals surface area contributed by atoms with Gasteiger partial charge in [0.05, 0.1) is 6.10 Å². The van der Waals surface area contributed by atoms with Gasteiger partial charge < -0.3 is 4.74 Å². The Morgan fingerprint density at radius 2 is 1.93 bits per heavy atom. The third kappa shape index (κ3) is 1.52. The van der Waals surface area contributed by atoms with Crippen molar-refractivity contribution in [3.8, 4) is 5.75 Å². The molecular weight excluding hydrogens is 172 g/mol. The second kappa shape index (κ2) is 3.30. The number of benzene rings is 1. The fourth-order valence-corrected chi connectivity index (χ4v) is 2.13. The van der Waals surface area contributed by atoms with Gasteiger partial charge in [-0.1, -0.05) is 13.0 Å².